The summed E-state index contributed by atoms with van der Waals surface area (Å²) in [5, 5.41) is 7.16. The van der Waals surface area contributed by atoms with Crippen LogP contribution in [0.2, 0.25) is 0 Å². The molecular formula is C53H34N4O. The van der Waals surface area contributed by atoms with E-state index in [-0.39, 0.29) is 0 Å². The van der Waals surface area contributed by atoms with Gasteiger partial charge in [0.1, 0.15) is 11.2 Å². The second-order valence-electron chi connectivity index (χ2n) is 15.2. The van der Waals surface area contributed by atoms with Crippen molar-refractivity contribution >= 4 is 60.6 Å². The minimum atomic E-state index is 0.611. The zero-order valence-electron chi connectivity index (χ0n) is 31.4. The summed E-state index contributed by atoms with van der Waals surface area (Å²) in [5.41, 5.74) is 12.9. The molecule has 0 fully saturated rings. The van der Waals surface area contributed by atoms with Gasteiger partial charge in [0, 0.05) is 43.9 Å². The van der Waals surface area contributed by atoms with Crippen molar-refractivity contribution in [2.24, 2.45) is 0 Å². The molecule has 272 valence electrons. The average molecular weight is 743 g/mol. The van der Waals surface area contributed by atoms with Gasteiger partial charge in [0.15, 0.2) is 17.5 Å². The van der Waals surface area contributed by atoms with Gasteiger partial charge in [-0.05, 0) is 113 Å². The summed E-state index contributed by atoms with van der Waals surface area (Å²) in [6, 6.07) is 60.0. The Morgan fingerprint density at radius 2 is 1.07 bits per heavy atom. The number of allylic oxidation sites excluding steroid dienone is 1. The van der Waals surface area contributed by atoms with Gasteiger partial charge in [-0.2, -0.15) is 0 Å². The molecule has 12 rings (SSSR count). The topological polar surface area (TPSA) is 56.7 Å². The van der Waals surface area contributed by atoms with Gasteiger partial charge in [0.25, 0.3) is 0 Å². The third kappa shape index (κ3) is 5.35. The zero-order chi connectivity index (χ0) is 38.2. The molecule has 11 aromatic rings. The van der Waals surface area contributed by atoms with E-state index in [1.54, 1.807) is 0 Å². The summed E-state index contributed by atoms with van der Waals surface area (Å²) >= 11 is 0. The summed E-state index contributed by atoms with van der Waals surface area (Å²) in [4.78, 5) is 15.2. The lowest BCUT2D eigenvalue weighted by Crippen LogP contribution is -2.00. The molecule has 0 N–H and O–H groups in total. The lowest BCUT2D eigenvalue weighted by molar-refractivity contribution is 0.669. The van der Waals surface area contributed by atoms with Crippen molar-refractivity contribution in [1.82, 2.24) is 19.5 Å². The molecule has 5 heteroatoms. The molecule has 5 nitrogen and oxygen atoms in total. The number of benzene rings is 8. The highest BCUT2D eigenvalue weighted by Gasteiger charge is 2.19. The number of aromatic nitrogens is 4. The maximum atomic E-state index is 6.14. The maximum Gasteiger partial charge on any atom is 0.164 e. The Bertz CT molecular complexity index is 3460. The Kier molecular flexibility index (Phi) is 7.29. The van der Waals surface area contributed by atoms with Crippen LogP contribution in [0.5, 0.6) is 0 Å². The van der Waals surface area contributed by atoms with Crippen molar-refractivity contribution < 1.29 is 4.42 Å². The van der Waals surface area contributed by atoms with Crippen LogP contribution in [-0.2, 0) is 6.42 Å². The van der Waals surface area contributed by atoms with Crippen LogP contribution < -0.4 is 0 Å². The zero-order valence-corrected chi connectivity index (χ0v) is 31.4. The van der Waals surface area contributed by atoms with Crippen LogP contribution in [0.1, 0.15) is 17.5 Å². The first kappa shape index (κ1) is 32.6. The molecule has 0 radical (unpaired) electrons. The molecule has 3 heterocycles. The summed E-state index contributed by atoms with van der Waals surface area (Å²) < 4.78 is 8.58. The molecule has 8 aromatic carbocycles. The molecule has 0 saturated heterocycles. The Labute approximate surface area is 334 Å². The summed E-state index contributed by atoms with van der Waals surface area (Å²) in [5.74, 6) is 1.85. The molecule has 1 aliphatic carbocycles. The lowest BCUT2D eigenvalue weighted by atomic mass is 9.95. The second-order valence-corrected chi connectivity index (χ2v) is 15.2. The third-order valence-corrected chi connectivity index (χ3v) is 11.6. The predicted octanol–water partition coefficient (Wildman–Crippen LogP) is 13.6. The Morgan fingerprint density at radius 3 is 1.93 bits per heavy atom. The Balaban J connectivity index is 1.000. The Morgan fingerprint density at radius 1 is 0.431 bits per heavy atom. The fourth-order valence-electron chi connectivity index (χ4n) is 8.79. The van der Waals surface area contributed by atoms with Crippen molar-refractivity contribution in [2.75, 3.05) is 0 Å². The van der Waals surface area contributed by atoms with Crippen LogP contribution in [0.4, 0.5) is 0 Å². The van der Waals surface area contributed by atoms with Gasteiger partial charge in [-0.1, -0.05) is 115 Å². The molecule has 0 bridgehead atoms. The molecule has 1 aliphatic rings. The monoisotopic (exact) mass is 742 g/mol. The fraction of sp³-hybridized carbons (Fsp3) is 0.0377. The van der Waals surface area contributed by atoms with Gasteiger partial charge in [-0.25, -0.2) is 15.0 Å². The van der Waals surface area contributed by atoms with Gasteiger partial charge in [0.05, 0.1) is 11.0 Å². The van der Waals surface area contributed by atoms with Gasteiger partial charge >= 0.3 is 0 Å². The van der Waals surface area contributed by atoms with E-state index in [0.717, 1.165) is 68.3 Å². The quantitative estimate of drug-likeness (QED) is 0.176. The van der Waals surface area contributed by atoms with Crippen molar-refractivity contribution in [3.63, 3.8) is 0 Å². The normalized spacial score (nSPS) is 12.6. The standard InChI is InChI=1S/C53H34N4O/c1-2-12-33(13-3-1)51-54-52(56-53(55-51)41-24-25-50-46(30-41)43-22-8-9-23-49(43)58-50)40-20-10-18-34(26-40)35-19-11-21-42(27-35)57-47-31-38-16-6-4-14-36(38)28-44(47)45-29-37-15-5-7-17-39(37)32-48(45)57/h1-4,6-14,16-32H,5,15H2. The highest BCUT2D eigenvalue weighted by molar-refractivity contribution is 6.14. The number of aryl methyl sites for hydroxylation is 1. The van der Waals surface area contributed by atoms with Crippen LogP contribution in [0.15, 0.2) is 180 Å². The van der Waals surface area contributed by atoms with E-state index in [9.17, 15) is 0 Å². The lowest BCUT2D eigenvalue weighted by Gasteiger charge is -2.14. The first-order valence-electron chi connectivity index (χ1n) is 19.8. The summed E-state index contributed by atoms with van der Waals surface area (Å²) in [6.07, 6.45) is 6.73. The van der Waals surface area contributed by atoms with E-state index >= 15 is 0 Å². The Hall–Kier alpha value is -7.63. The molecule has 0 saturated carbocycles. The molecule has 0 atom stereocenters. The molecule has 0 aliphatic heterocycles. The highest BCUT2D eigenvalue weighted by atomic mass is 16.3. The largest absolute Gasteiger partial charge is 0.456 e. The maximum absolute atomic E-state index is 6.14. The fourth-order valence-corrected chi connectivity index (χ4v) is 8.79. The number of hydrogen-bond acceptors (Lipinski definition) is 4. The third-order valence-electron chi connectivity index (χ3n) is 11.6. The van der Waals surface area contributed by atoms with Crippen LogP contribution in [0.3, 0.4) is 0 Å². The van der Waals surface area contributed by atoms with Gasteiger partial charge in [-0.3, -0.25) is 0 Å². The number of hydrogen-bond donors (Lipinski definition) is 0. The van der Waals surface area contributed by atoms with Crippen LogP contribution in [0, 0.1) is 0 Å². The first-order chi connectivity index (χ1) is 28.7. The number of fused-ring (bicyclic) bond motifs is 8. The van der Waals surface area contributed by atoms with E-state index in [1.807, 2.05) is 60.7 Å². The minimum absolute atomic E-state index is 0.611. The summed E-state index contributed by atoms with van der Waals surface area (Å²) in [6.45, 7) is 0. The van der Waals surface area contributed by atoms with Crippen LogP contribution in [0.25, 0.3) is 112 Å². The van der Waals surface area contributed by atoms with Gasteiger partial charge < -0.3 is 8.98 Å². The van der Waals surface area contributed by atoms with Crippen molar-refractivity contribution in [3.05, 3.63) is 187 Å². The molecule has 0 amide bonds. The summed E-state index contributed by atoms with van der Waals surface area (Å²) in [7, 11) is 0. The second kappa shape index (κ2) is 13.0. The molecular weight excluding hydrogens is 709 g/mol. The van der Waals surface area contributed by atoms with E-state index in [4.69, 9.17) is 19.4 Å². The molecule has 0 unspecified atom stereocenters. The smallest absolute Gasteiger partial charge is 0.164 e. The van der Waals surface area contributed by atoms with Crippen molar-refractivity contribution in [1.29, 1.82) is 0 Å². The van der Waals surface area contributed by atoms with Gasteiger partial charge in [0.2, 0.25) is 0 Å². The molecule has 0 spiro atoms. The SMILES string of the molecule is C1=Cc2cc3c(cc2CC1)c1cc2ccccc2cc1n3-c1cccc(-c2cccc(-c3nc(-c4ccccc4)nc(-c4ccc5oc6ccccc6c5c4)n3)c2)c1. The number of nitrogens with zero attached hydrogens (tertiary/aromatic N) is 4. The van der Waals surface area contributed by atoms with Crippen molar-refractivity contribution in [2.45, 2.75) is 12.8 Å². The average Bonchev–Trinajstić information content (AvgIpc) is 3.82. The number of furan rings is 1. The van der Waals surface area contributed by atoms with Crippen LogP contribution >= 0.6 is 0 Å². The number of para-hydroxylation sites is 1. The predicted molar refractivity (Wildman–Crippen MR) is 238 cm³/mol. The van der Waals surface area contributed by atoms with Crippen molar-refractivity contribution in [3.8, 4) is 51.0 Å². The molecule has 58 heavy (non-hydrogen) atoms. The first-order valence-corrected chi connectivity index (χ1v) is 19.8. The minimum Gasteiger partial charge on any atom is -0.456 e. The van der Waals surface area contributed by atoms with E-state index in [2.05, 4.69) is 126 Å². The van der Waals surface area contributed by atoms with Crippen LogP contribution in [-0.4, -0.2) is 19.5 Å². The van der Waals surface area contributed by atoms with E-state index in [0.29, 0.717) is 17.5 Å². The van der Waals surface area contributed by atoms with E-state index < -0.39 is 0 Å². The number of rotatable bonds is 5. The highest BCUT2D eigenvalue weighted by Crippen LogP contribution is 2.39. The van der Waals surface area contributed by atoms with E-state index in [1.165, 1.54) is 43.7 Å². The van der Waals surface area contributed by atoms with Gasteiger partial charge in [-0.15, -0.1) is 0 Å². The molecule has 3 aromatic heterocycles.